The second-order valence-corrected chi connectivity index (χ2v) is 8.25. The van der Waals surface area contributed by atoms with Gasteiger partial charge in [0.2, 0.25) is 0 Å². The van der Waals surface area contributed by atoms with Crippen LogP contribution in [0.1, 0.15) is 61.0 Å². The molecule has 0 heterocycles. The van der Waals surface area contributed by atoms with Crippen molar-refractivity contribution in [1.82, 2.24) is 0 Å². The number of ether oxygens (including phenoxy) is 1. The molecule has 0 aliphatic heterocycles. The van der Waals surface area contributed by atoms with E-state index in [1.54, 1.807) is 30.3 Å². The molecule has 0 aliphatic carbocycles. The molecule has 172 valence electrons. The Morgan fingerprint density at radius 1 is 0.848 bits per heavy atom. The summed E-state index contributed by atoms with van der Waals surface area (Å²) >= 11 is 0. The highest BCUT2D eigenvalue weighted by Gasteiger charge is 2.21. The monoisotopic (exact) mass is 444 g/mol. The van der Waals surface area contributed by atoms with Gasteiger partial charge in [-0.3, -0.25) is 9.59 Å². The maximum atomic E-state index is 12.9. The third-order valence-electron chi connectivity index (χ3n) is 5.69. The van der Waals surface area contributed by atoms with E-state index in [2.05, 4.69) is 30.5 Å². The number of carbonyl (C=O) groups is 2. The Hall–Kier alpha value is -3.60. The number of rotatable bonds is 9. The van der Waals surface area contributed by atoms with Crippen molar-refractivity contribution in [1.29, 1.82) is 0 Å². The van der Waals surface area contributed by atoms with E-state index >= 15 is 0 Å². The van der Waals surface area contributed by atoms with Gasteiger partial charge in [-0.25, -0.2) is 0 Å². The third kappa shape index (κ3) is 6.45. The molecule has 0 radical (unpaired) electrons. The van der Waals surface area contributed by atoms with Crippen molar-refractivity contribution < 1.29 is 14.3 Å². The van der Waals surface area contributed by atoms with Gasteiger partial charge in [0.1, 0.15) is 5.75 Å². The van der Waals surface area contributed by atoms with Crippen LogP contribution in [0.5, 0.6) is 5.75 Å². The first kappa shape index (κ1) is 24.1. The first-order valence-electron chi connectivity index (χ1n) is 11.5. The molecule has 0 saturated heterocycles. The normalized spacial score (nSPS) is 12.5. The van der Waals surface area contributed by atoms with E-state index in [4.69, 9.17) is 4.74 Å². The number of anilines is 2. The van der Waals surface area contributed by atoms with Crippen LogP contribution in [0.4, 0.5) is 11.4 Å². The average molecular weight is 445 g/mol. The van der Waals surface area contributed by atoms with E-state index in [-0.39, 0.29) is 11.8 Å². The maximum Gasteiger partial charge on any atom is 0.265 e. The van der Waals surface area contributed by atoms with Gasteiger partial charge < -0.3 is 15.4 Å². The molecule has 3 rings (SSSR count). The number of amides is 2. The highest BCUT2D eigenvalue weighted by atomic mass is 16.5. The lowest BCUT2D eigenvalue weighted by atomic mass is 9.98. The van der Waals surface area contributed by atoms with Gasteiger partial charge in [0.25, 0.3) is 11.8 Å². The first-order chi connectivity index (χ1) is 15.9. The fourth-order valence-corrected chi connectivity index (χ4v) is 3.54. The quantitative estimate of drug-likeness (QED) is 0.393. The minimum Gasteiger partial charge on any atom is -0.480 e. The number of hydrogen-bond acceptors (Lipinski definition) is 3. The summed E-state index contributed by atoms with van der Waals surface area (Å²) < 4.78 is 6.12. The van der Waals surface area contributed by atoms with E-state index < -0.39 is 6.10 Å². The summed E-state index contributed by atoms with van der Waals surface area (Å²) in [5.41, 5.74) is 4.05. The van der Waals surface area contributed by atoms with Crippen molar-refractivity contribution in [2.24, 2.45) is 0 Å². The highest BCUT2D eigenvalue weighted by molar-refractivity contribution is 6.04. The summed E-state index contributed by atoms with van der Waals surface area (Å²) in [7, 11) is 0. The topological polar surface area (TPSA) is 67.4 Å². The summed E-state index contributed by atoms with van der Waals surface area (Å²) in [4.78, 5) is 25.3. The molecule has 5 heteroatoms. The zero-order valence-electron chi connectivity index (χ0n) is 19.7. The zero-order chi connectivity index (χ0) is 23.8. The summed E-state index contributed by atoms with van der Waals surface area (Å²) in [6, 6.07) is 22.4. The Bertz CT molecular complexity index is 1090. The molecule has 0 aliphatic rings. The molecule has 2 N–H and O–H groups in total. The Morgan fingerprint density at radius 3 is 2.15 bits per heavy atom. The van der Waals surface area contributed by atoms with E-state index in [1.807, 2.05) is 50.2 Å². The second kappa shape index (κ2) is 11.3. The van der Waals surface area contributed by atoms with Gasteiger partial charge in [0.15, 0.2) is 6.10 Å². The van der Waals surface area contributed by atoms with Crippen LogP contribution in [0.3, 0.4) is 0 Å². The van der Waals surface area contributed by atoms with Crippen LogP contribution < -0.4 is 15.4 Å². The van der Waals surface area contributed by atoms with Crippen LogP contribution in [0.25, 0.3) is 0 Å². The molecule has 3 aromatic carbocycles. The smallest absolute Gasteiger partial charge is 0.265 e. The molecule has 0 aromatic heterocycles. The van der Waals surface area contributed by atoms with Crippen LogP contribution in [0, 0.1) is 6.92 Å². The van der Waals surface area contributed by atoms with E-state index in [0.717, 1.165) is 23.3 Å². The summed E-state index contributed by atoms with van der Waals surface area (Å²) in [6.07, 6.45) is 0.942. The van der Waals surface area contributed by atoms with Gasteiger partial charge >= 0.3 is 0 Å². The van der Waals surface area contributed by atoms with Crippen molar-refractivity contribution in [2.75, 3.05) is 10.6 Å². The van der Waals surface area contributed by atoms with Crippen LogP contribution in [-0.4, -0.2) is 17.9 Å². The van der Waals surface area contributed by atoms with Crippen molar-refractivity contribution in [3.63, 3.8) is 0 Å². The Balaban J connectivity index is 1.63. The number of para-hydroxylation sites is 1. The fourth-order valence-electron chi connectivity index (χ4n) is 3.54. The van der Waals surface area contributed by atoms with Crippen LogP contribution in [0.2, 0.25) is 0 Å². The Kier molecular flexibility index (Phi) is 8.25. The second-order valence-electron chi connectivity index (χ2n) is 8.25. The van der Waals surface area contributed by atoms with Crippen molar-refractivity contribution in [3.05, 3.63) is 89.5 Å². The van der Waals surface area contributed by atoms with Gasteiger partial charge in [-0.05, 0) is 73.7 Å². The summed E-state index contributed by atoms with van der Waals surface area (Å²) in [5, 5.41) is 5.80. The van der Waals surface area contributed by atoms with Gasteiger partial charge in [-0.1, -0.05) is 56.7 Å². The molecule has 5 nitrogen and oxygen atoms in total. The average Bonchev–Trinajstić information content (AvgIpc) is 2.83. The number of carbonyl (C=O) groups excluding carboxylic acids is 2. The predicted molar refractivity (Wildman–Crippen MR) is 134 cm³/mol. The van der Waals surface area contributed by atoms with E-state index in [1.165, 1.54) is 0 Å². The van der Waals surface area contributed by atoms with Gasteiger partial charge in [-0.15, -0.1) is 0 Å². The zero-order valence-corrected chi connectivity index (χ0v) is 19.7. The molecule has 0 bridgehead atoms. The van der Waals surface area contributed by atoms with Crippen molar-refractivity contribution in [3.8, 4) is 5.75 Å². The number of nitrogens with one attached hydrogen (secondary N) is 2. The first-order valence-corrected chi connectivity index (χ1v) is 11.5. The number of hydrogen-bond donors (Lipinski definition) is 2. The largest absolute Gasteiger partial charge is 0.480 e. The van der Waals surface area contributed by atoms with E-state index in [9.17, 15) is 9.59 Å². The molecule has 2 unspecified atom stereocenters. The molecule has 3 aromatic rings. The predicted octanol–water partition coefficient (Wildman–Crippen LogP) is 6.56. The molecule has 33 heavy (non-hydrogen) atoms. The minimum absolute atomic E-state index is 0.171. The van der Waals surface area contributed by atoms with Crippen LogP contribution in [0.15, 0.2) is 72.8 Å². The number of aryl methyl sites for hydroxylation is 1. The van der Waals surface area contributed by atoms with Crippen LogP contribution in [-0.2, 0) is 4.79 Å². The van der Waals surface area contributed by atoms with Gasteiger partial charge in [0.05, 0.1) is 0 Å². The summed E-state index contributed by atoms with van der Waals surface area (Å²) in [5.74, 6) is 0.732. The fraction of sp³-hybridized carbons (Fsp3) is 0.286. The van der Waals surface area contributed by atoms with E-state index in [0.29, 0.717) is 29.3 Å². The highest BCUT2D eigenvalue weighted by Crippen LogP contribution is 2.29. The maximum absolute atomic E-state index is 12.9. The lowest BCUT2D eigenvalue weighted by molar-refractivity contribution is -0.122. The Morgan fingerprint density at radius 2 is 1.52 bits per heavy atom. The molecule has 2 atom stereocenters. The molecule has 0 fully saturated rings. The number of benzene rings is 3. The standard InChI is InChI=1S/C28H32N2O3/c1-5-20(4)24-12-7-8-13-26(24)33-25(6-2)28(32)30-23-16-14-22(15-17-23)29-27(31)21-11-9-10-19(3)18-21/h7-18,20,25H,5-6H2,1-4H3,(H,29,31)(H,30,32). The lowest BCUT2D eigenvalue weighted by Gasteiger charge is -2.21. The summed E-state index contributed by atoms with van der Waals surface area (Å²) in [6.45, 7) is 8.17. The third-order valence-corrected chi connectivity index (χ3v) is 5.69. The minimum atomic E-state index is -0.601. The molecular weight excluding hydrogens is 412 g/mol. The molecular formula is C28H32N2O3. The van der Waals surface area contributed by atoms with Crippen molar-refractivity contribution in [2.45, 2.75) is 52.6 Å². The lowest BCUT2D eigenvalue weighted by Crippen LogP contribution is -2.32. The van der Waals surface area contributed by atoms with Crippen LogP contribution >= 0.6 is 0 Å². The Labute approximate surface area is 196 Å². The molecule has 0 spiro atoms. The molecule has 0 saturated carbocycles. The SMILES string of the molecule is CCC(Oc1ccccc1C(C)CC)C(=O)Nc1ccc(NC(=O)c2cccc(C)c2)cc1. The van der Waals surface area contributed by atoms with Crippen molar-refractivity contribution >= 4 is 23.2 Å². The van der Waals surface area contributed by atoms with Gasteiger partial charge in [-0.2, -0.15) is 0 Å². The molecule has 2 amide bonds. The van der Waals surface area contributed by atoms with Gasteiger partial charge in [0, 0.05) is 16.9 Å².